The summed E-state index contributed by atoms with van der Waals surface area (Å²) in [5, 5.41) is 8.07. The molecule has 0 unspecified atom stereocenters. The molecule has 0 radical (unpaired) electrons. The van der Waals surface area contributed by atoms with Crippen molar-refractivity contribution in [2.75, 3.05) is 11.4 Å². The Hall–Kier alpha value is -4.64. The van der Waals surface area contributed by atoms with Crippen LogP contribution in [0.1, 0.15) is 40.9 Å². The van der Waals surface area contributed by atoms with Crippen molar-refractivity contribution in [3.63, 3.8) is 0 Å². The fourth-order valence-electron chi connectivity index (χ4n) is 6.27. The summed E-state index contributed by atoms with van der Waals surface area (Å²) in [4.78, 5) is 41.4. The Labute approximate surface area is 258 Å². The third-order valence-corrected chi connectivity index (χ3v) is 8.38. The van der Waals surface area contributed by atoms with Crippen LogP contribution in [0.15, 0.2) is 73.2 Å². The summed E-state index contributed by atoms with van der Waals surface area (Å²) in [5.41, 5.74) is 4.87. The Bertz CT molecular complexity index is 1840. The lowest BCUT2D eigenvalue weighted by molar-refractivity contribution is -0.131. The fourth-order valence-corrected chi connectivity index (χ4v) is 6.27. The van der Waals surface area contributed by atoms with E-state index in [-0.39, 0.29) is 18.8 Å². The molecule has 2 N–H and O–H groups in total. The Balaban J connectivity index is 0.00000343. The average Bonchev–Trinajstić information content (AvgIpc) is 3.79. The highest BCUT2D eigenvalue weighted by atomic mass is 35.5. The normalized spacial score (nSPS) is 18.9. The summed E-state index contributed by atoms with van der Waals surface area (Å²) < 4.78 is 31.4. The van der Waals surface area contributed by atoms with E-state index >= 15 is 0 Å². The Kier molecular flexibility index (Phi) is 7.66. The molecular weight excluding hydrogens is 588 g/mol. The van der Waals surface area contributed by atoms with Gasteiger partial charge in [-0.1, -0.05) is 18.2 Å². The first kappa shape index (κ1) is 29.4. The van der Waals surface area contributed by atoms with Gasteiger partial charge in [-0.2, -0.15) is 5.10 Å². The molecule has 5 aromatic rings. The minimum atomic E-state index is -3.01. The van der Waals surface area contributed by atoms with Crippen molar-refractivity contribution in [2.24, 2.45) is 5.92 Å². The van der Waals surface area contributed by atoms with E-state index in [9.17, 15) is 18.4 Å². The van der Waals surface area contributed by atoms with Crippen molar-refractivity contribution < 1.29 is 18.4 Å². The zero-order valence-corrected chi connectivity index (χ0v) is 24.7. The maximum absolute atomic E-state index is 14.8. The number of carbonyl (C=O) groups excluding carboxylic acids is 2. The molecule has 12 heteroatoms. The summed E-state index contributed by atoms with van der Waals surface area (Å²) in [6.45, 7) is 2.22. The van der Waals surface area contributed by atoms with Crippen LogP contribution in [0.4, 0.5) is 14.5 Å². The van der Waals surface area contributed by atoms with Gasteiger partial charge in [0.1, 0.15) is 5.69 Å². The lowest BCUT2D eigenvalue weighted by Gasteiger charge is -2.37. The Morgan fingerprint density at radius 3 is 2.61 bits per heavy atom. The summed E-state index contributed by atoms with van der Waals surface area (Å²) in [7, 11) is 0. The number of aromatic nitrogens is 5. The van der Waals surface area contributed by atoms with Gasteiger partial charge < -0.3 is 15.2 Å². The van der Waals surface area contributed by atoms with Gasteiger partial charge in [0.25, 0.3) is 5.91 Å². The van der Waals surface area contributed by atoms with Crippen LogP contribution < -0.4 is 10.2 Å². The number of rotatable bonds is 5. The number of H-pyrrole nitrogens is 1. The first-order valence-electron chi connectivity index (χ1n) is 14.3. The van der Waals surface area contributed by atoms with Crippen LogP contribution in [0.5, 0.6) is 0 Å². The predicted molar refractivity (Wildman–Crippen MR) is 164 cm³/mol. The number of aryl methyl sites for hydroxylation is 1. The van der Waals surface area contributed by atoms with E-state index in [4.69, 9.17) is 4.98 Å². The summed E-state index contributed by atoms with van der Waals surface area (Å²) in [6.07, 6.45) is 4.65. The molecule has 4 heterocycles. The third-order valence-electron chi connectivity index (χ3n) is 8.38. The third kappa shape index (κ3) is 5.32. The molecular formula is C32H30ClF2N7O2. The highest BCUT2D eigenvalue weighted by Crippen LogP contribution is 2.43. The number of fused-ring (bicyclic) bond motifs is 3. The molecule has 1 fully saturated rings. The van der Waals surface area contributed by atoms with E-state index in [0.29, 0.717) is 41.3 Å². The molecule has 2 atom stereocenters. The number of benzene rings is 2. The number of aromatic amines is 1. The topological polar surface area (TPSA) is 109 Å². The zero-order valence-electron chi connectivity index (χ0n) is 23.8. The van der Waals surface area contributed by atoms with Crippen molar-refractivity contribution in [3.05, 3.63) is 90.0 Å². The van der Waals surface area contributed by atoms with Gasteiger partial charge >= 0.3 is 0 Å². The SMILES string of the molecule is Cc1ccn(-c2ccc(C(=O)N[C@@H]3CCC(F)(F)C[C@H]3C(=O)N3CCc4c(-c5ncc[nH]5)nc5ccccc5c43)cc2)n1.Cl. The van der Waals surface area contributed by atoms with Gasteiger partial charge in [-0.25, -0.2) is 23.4 Å². The number of carbonyl (C=O) groups is 2. The number of amides is 2. The molecule has 1 aliphatic heterocycles. The van der Waals surface area contributed by atoms with Gasteiger partial charge in [0.15, 0.2) is 5.82 Å². The Morgan fingerprint density at radius 2 is 1.89 bits per heavy atom. The maximum atomic E-state index is 14.8. The second-order valence-corrected chi connectivity index (χ2v) is 11.2. The van der Waals surface area contributed by atoms with Gasteiger partial charge in [-0.15, -0.1) is 12.4 Å². The van der Waals surface area contributed by atoms with Crippen LogP contribution in [-0.2, 0) is 11.2 Å². The smallest absolute Gasteiger partial charge is 0.251 e. The Morgan fingerprint density at radius 1 is 1.09 bits per heavy atom. The largest absolute Gasteiger partial charge is 0.348 e. The maximum Gasteiger partial charge on any atom is 0.251 e. The fraction of sp³-hybridized carbons (Fsp3) is 0.281. The zero-order chi connectivity index (χ0) is 29.7. The number of nitrogens with one attached hydrogen (secondary N) is 2. The molecule has 2 aliphatic rings. The van der Waals surface area contributed by atoms with Gasteiger partial charge in [0.2, 0.25) is 11.8 Å². The molecule has 2 amide bonds. The van der Waals surface area contributed by atoms with Gasteiger partial charge in [0.05, 0.1) is 28.5 Å². The number of nitrogens with zero attached hydrogens (tertiary/aromatic N) is 5. The summed E-state index contributed by atoms with van der Waals surface area (Å²) in [5.74, 6) is -4.35. The van der Waals surface area contributed by atoms with E-state index in [2.05, 4.69) is 20.4 Å². The molecule has 44 heavy (non-hydrogen) atoms. The van der Waals surface area contributed by atoms with Crippen molar-refractivity contribution in [1.29, 1.82) is 0 Å². The van der Waals surface area contributed by atoms with E-state index in [0.717, 1.165) is 22.3 Å². The molecule has 0 spiro atoms. The average molecular weight is 618 g/mol. The number of para-hydroxylation sites is 1. The van der Waals surface area contributed by atoms with Crippen LogP contribution in [0.2, 0.25) is 0 Å². The standard InChI is InChI=1S/C32H29F2N7O2.ClH/c1-19-11-17-41(39-19)21-8-6-20(7-9-21)30(42)38-26-10-13-32(33,34)18-24(26)31(43)40-16-12-23-27(29-35-14-15-36-29)37-25-5-3-2-4-22(25)28(23)40;/h2-9,11,14-15,17,24,26H,10,12-13,16,18H2,1H3,(H,35,36)(H,38,42);1H/t24-,26-;/m1./s1. The van der Waals surface area contributed by atoms with Crippen molar-refractivity contribution >= 4 is 40.8 Å². The minimum absolute atomic E-state index is 0. The van der Waals surface area contributed by atoms with Gasteiger partial charge in [-0.05, 0) is 56.2 Å². The summed E-state index contributed by atoms with van der Waals surface area (Å²) in [6, 6.07) is 15.5. The van der Waals surface area contributed by atoms with Crippen molar-refractivity contribution in [2.45, 2.75) is 44.6 Å². The summed E-state index contributed by atoms with van der Waals surface area (Å²) >= 11 is 0. The monoisotopic (exact) mass is 617 g/mol. The number of hydrogen-bond donors (Lipinski definition) is 2. The first-order valence-corrected chi connectivity index (χ1v) is 14.3. The molecule has 1 saturated carbocycles. The molecule has 3 aromatic heterocycles. The van der Waals surface area contributed by atoms with E-state index in [1.807, 2.05) is 43.5 Å². The van der Waals surface area contributed by atoms with Crippen molar-refractivity contribution in [3.8, 4) is 17.2 Å². The number of halogens is 3. The second kappa shape index (κ2) is 11.5. The van der Waals surface area contributed by atoms with Crippen LogP contribution in [-0.4, -0.2) is 55.1 Å². The number of alkyl halides is 2. The van der Waals surface area contributed by atoms with E-state index < -0.39 is 42.5 Å². The van der Waals surface area contributed by atoms with Crippen LogP contribution >= 0.6 is 12.4 Å². The van der Waals surface area contributed by atoms with Crippen LogP contribution in [0.25, 0.3) is 28.1 Å². The van der Waals surface area contributed by atoms with Crippen LogP contribution in [0, 0.1) is 12.8 Å². The quantitative estimate of drug-likeness (QED) is 0.264. The number of anilines is 1. The predicted octanol–water partition coefficient (Wildman–Crippen LogP) is 5.66. The minimum Gasteiger partial charge on any atom is -0.348 e. The number of hydrogen-bond acceptors (Lipinski definition) is 5. The van der Waals surface area contributed by atoms with Gasteiger partial charge in [-0.3, -0.25) is 9.59 Å². The molecule has 0 saturated heterocycles. The molecule has 0 bridgehead atoms. The highest BCUT2D eigenvalue weighted by Gasteiger charge is 2.47. The van der Waals surface area contributed by atoms with Crippen LogP contribution in [0.3, 0.4) is 0 Å². The molecule has 7 rings (SSSR count). The number of pyridine rings is 1. The highest BCUT2D eigenvalue weighted by molar-refractivity contribution is 6.08. The van der Waals surface area contributed by atoms with Crippen molar-refractivity contribution in [1.82, 2.24) is 30.0 Å². The molecule has 9 nitrogen and oxygen atoms in total. The first-order chi connectivity index (χ1) is 20.8. The lowest BCUT2D eigenvalue weighted by atomic mass is 9.81. The van der Waals surface area contributed by atoms with E-state index in [1.165, 1.54) is 0 Å². The molecule has 2 aromatic carbocycles. The molecule has 226 valence electrons. The second-order valence-electron chi connectivity index (χ2n) is 11.2. The number of imidazole rings is 1. The van der Waals surface area contributed by atoms with E-state index in [1.54, 1.807) is 46.2 Å². The lowest BCUT2D eigenvalue weighted by Crippen LogP contribution is -2.52. The molecule has 1 aliphatic carbocycles. The van der Waals surface area contributed by atoms with Gasteiger partial charge in [0, 0.05) is 60.5 Å².